The first-order chi connectivity index (χ1) is 19.9. The monoisotopic (exact) mass is 670 g/mol. The van der Waals surface area contributed by atoms with E-state index in [9.17, 15) is 8.42 Å². The molecular weight excluding hydrogens is 624 g/mol. The standard InChI is InChI=1S/C11H16O3S.C11H16O.C10H13BrO.CH3Cl/c1-3-4-9-14-15(12,13)11-7-5-10(2)6-8-11;1-2-3-9-12-10-11-7-5-4-6-8-11;11-7-4-8-12-9-10-5-2-1-3-6-10;1-2/h5-8H,3-4,9H2,1-2H3;4-8H,2-3,9-10H2,1H3;1-3,5-6H,4,7-9H2;1H3. The van der Waals surface area contributed by atoms with Crippen LogP contribution in [0.2, 0.25) is 0 Å². The minimum Gasteiger partial charge on any atom is -0.377 e. The van der Waals surface area contributed by atoms with Gasteiger partial charge in [0.1, 0.15) is 0 Å². The second-order valence-corrected chi connectivity index (χ2v) is 11.3. The fraction of sp³-hybridized carbons (Fsp3) is 0.455. The summed E-state index contributed by atoms with van der Waals surface area (Å²) >= 11 is 7.99. The number of hydrogen-bond acceptors (Lipinski definition) is 5. The van der Waals surface area contributed by atoms with E-state index in [1.54, 1.807) is 24.3 Å². The topological polar surface area (TPSA) is 61.8 Å². The molecule has 0 unspecified atom stereocenters. The molecule has 0 aromatic heterocycles. The summed E-state index contributed by atoms with van der Waals surface area (Å²) < 4.78 is 39.0. The Morgan fingerprint density at radius 2 is 1.10 bits per heavy atom. The molecule has 0 N–H and O–H groups in total. The van der Waals surface area contributed by atoms with Crippen LogP contribution in [-0.4, -0.2) is 40.0 Å². The smallest absolute Gasteiger partial charge is 0.296 e. The van der Waals surface area contributed by atoms with Crippen molar-refractivity contribution in [2.24, 2.45) is 0 Å². The van der Waals surface area contributed by atoms with Crippen LogP contribution >= 0.6 is 27.5 Å². The molecule has 3 rings (SSSR count). The molecule has 0 saturated carbocycles. The maximum atomic E-state index is 11.6. The van der Waals surface area contributed by atoms with Crippen LogP contribution in [0.15, 0.2) is 89.8 Å². The van der Waals surface area contributed by atoms with E-state index in [4.69, 9.17) is 13.7 Å². The van der Waals surface area contributed by atoms with Gasteiger partial charge in [-0.25, -0.2) is 0 Å². The van der Waals surface area contributed by atoms with Crippen molar-refractivity contribution >= 4 is 37.6 Å². The molecule has 0 bridgehead atoms. The van der Waals surface area contributed by atoms with Crippen molar-refractivity contribution in [1.82, 2.24) is 0 Å². The van der Waals surface area contributed by atoms with Gasteiger partial charge in [0.15, 0.2) is 0 Å². The first-order valence-corrected chi connectivity index (χ1v) is 17.3. The molecule has 0 atom stereocenters. The molecule has 0 aliphatic heterocycles. The third kappa shape index (κ3) is 21.6. The molecule has 230 valence electrons. The van der Waals surface area contributed by atoms with Crippen molar-refractivity contribution < 1.29 is 22.1 Å². The van der Waals surface area contributed by atoms with Crippen LogP contribution in [0.3, 0.4) is 0 Å². The van der Waals surface area contributed by atoms with E-state index in [0.717, 1.165) is 63.0 Å². The second-order valence-electron chi connectivity index (χ2n) is 8.92. The van der Waals surface area contributed by atoms with Gasteiger partial charge in [0, 0.05) is 24.9 Å². The summed E-state index contributed by atoms with van der Waals surface area (Å²) in [5.41, 5.74) is 3.53. The van der Waals surface area contributed by atoms with Crippen LogP contribution in [0.1, 0.15) is 62.6 Å². The highest BCUT2D eigenvalue weighted by Crippen LogP contribution is 2.13. The highest BCUT2D eigenvalue weighted by Gasteiger charge is 2.13. The summed E-state index contributed by atoms with van der Waals surface area (Å²) in [5, 5.41) is 1.02. The van der Waals surface area contributed by atoms with Crippen molar-refractivity contribution in [2.75, 3.05) is 31.5 Å². The van der Waals surface area contributed by atoms with Gasteiger partial charge >= 0.3 is 0 Å². The van der Waals surface area contributed by atoms with E-state index in [-0.39, 0.29) is 11.5 Å². The number of hydrogen-bond donors (Lipinski definition) is 0. The molecule has 0 saturated heterocycles. The van der Waals surface area contributed by atoms with Crippen molar-refractivity contribution in [1.29, 1.82) is 0 Å². The lowest BCUT2D eigenvalue weighted by molar-refractivity contribution is 0.118. The van der Waals surface area contributed by atoms with Crippen LogP contribution < -0.4 is 0 Å². The number of aryl methyl sites for hydroxylation is 1. The van der Waals surface area contributed by atoms with Gasteiger partial charge in [-0.2, -0.15) is 8.42 Å². The Labute approximate surface area is 262 Å². The van der Waals surface area contributed by atoms with Crippen molar-refractivity contribution in [3.63, 3.8) is 0 Å². The lowest BCUT2D eigenvalue weighted by Gasteiger charge is -2.04. The van der Waals surface area contributed by atoms with Gasteiger partial charge < -0.3 is 9.47 Å². The Kier molecular flexibility index (Phi) is 26.0. The number of alkyl halides is 2. The van der Waals surface area contributed by atoms with E-state index < -0.39 is 10.1 Å². The molecule has 3 aromatic carbocycles. The fourth-order valence-electron chi connectivity index (χ4n) is 3.02. The molecule has 0 amide bonds. The minimum atomic E-state index is -3.55. The van der Waals surface area contributed by atoms with Gasteiger partial charge in [-0.3, -0.25) is 4.18 Å². The Bertz CT molecular complexity index is 1020. The Balaban J connectivity index is 0.000000572. The average Bonchev–Trinajstić information content (AvgIpc) is 3.01. The second kappa shape index (κ2) is 27.1. The predicted octanol–water partition coefficient (Wildman–Crippen LogP) is 9.35. The van der Waals surface area contributed by atoms with Crippen LogP contribution in [0.5, 0.6) is 0 Å². The molecule has 0 spiro atoms. The minimum absolute atomic E-state index is 0.226. The Morgan fingerprint density at radius 1 is 0.659 bits per heavy atom. The van der Waals surface area contributed by atoms with Crippen molar-refractivity contribution in [2.45, 2.75) is 71.0 Å². The maximum absolute atomic E-state index is 11.6. The molecule has 41 heavy (non-hydrogen) atoms. The highest BCUT2D eigenvalue weighted by molar-refractivity contribution is 9.09. The third-order valence-corrected chi connectivity index (χ3v) is 7.22. The molecule has 0 radical (unpaired) electrons. The number of halogens is 2. The van der Waals surface area contributed by atoms with Gasteiger partial charge in [-0.15, -0.1) is 11.6 Å². The average molecular weight is 672 g/mol. The number of unbranched alkanes of at least 4 members (excludes halogenated alkanes) is 2. The zero-order valence-corrected chi connectivity index (χ0v) is 28.2. The number of benzene rings is 3. The molecule has 0 fully saturated rings. The van der Waals surface area contributed by atoms with E-state index in [1.165, 1.54) is 23.9 Å². The van der Waals surface area contributed by atoms with Gasteiger partial charge in [-0.05, 0) is 49.4 Å². The van der Waals surface area contributed by atoms with Gasteiger partial charge in [0.05, 0.1) is 24.7 Å². The van der Waals surface area contributed by atoms with Gasteiger partial charge in [0.25, 0.3) is 10.1 Å². The largest absolute Gasteiger partial charge is 0.377 e. The summed E-state index contributed by atoms with van der Waals surface area (Å²) in [4.78, 5) is 0.226. The van der Waals surface area contributed by atoms with Crippen LogP contribution in [0.25, 0.3) is 0 Å². The molecule has 0 heterocycles. The van der Waals surface area contributed by atoms with E-state index >= 15 is 0 Å². The zero-order valence-electron chi connectivity index (χ0n) is 25.1. The van der Waals surface area contributed by atoms with E-state index in [2.05, 4.69) is 58.7 Å². The lowest BCUT2D eigenvalue weighted by Crippen LogP contribution is -2.07. The summed E-state index contributed by atoms with van der Waals surface area (Å²) in [6.45, 7) is 9.52. The van der Waals surface area contributed by atoms with Crippen molar-refractivity contribution in [3.05, 3.63) is 102 Å². The molecular formula is C33H48BrClO5S. The molecule has 8 heteroatoms. The van der Waals surface area contributed by atoms with E-state index in [1.807, 2.05) is 50.2 Å². The highest BCUT2D eigenvalue weighted by atomic mass is 79.9. The zero-order chi connectivity index (χ0) is 30.6. The summed E-state index contributed by atoms with van der Waals surface area (Å²) in [6, 6.07) is 27.2. The fourth-order valence-corrected chi connectivity index (χ4v) is 4.19. The van der Waals surface area contributed by atoms with Crippen LogP contribution in [-0.2, 0) is 37.0 Å². The summed E-state index contributed by atoms with van der Waals surface area (Å²) in [6.07, 6.45) is 6.59. The molecule has 0 aliphatic carbocycles. The number of ether oxygens (including phenoxy) is 2. The van der Waals surface area contributed by atoms with E-state index in [0.29, 0.717) is 0 Å². The van der Waals surface area contributed by atoms with Gasteiger partial charge in [-0.1, -0.05) is 121 Å². The van der Waals surface area contributed by atoms with Gasteiger partial charge in [0.2, 0.25) is 0 Å². The normalized spacial score (nSPS) is 10.3. The quantitative estimate of drug-likeness (QED) is 0.0916. The molecule has 0 aliphatic rings. The third-order valence-electron chi connectivity index (χ3n) is 5.33. The first-order valence-electron chi connectivity index (χ1n) is 14.1. The predicted molar refractivity (Wildman–Crippen MR) is 177 cm³/mol. The Hall–Kier alpha value is -1.74. The lowest BCUT2D eigenvalue weighted by atomic mass is 10.2. The first kappa shape index (κ1) is 39.3. The molecule has 5 nitrogen and oxygen atoms in total. The maximum Gasteiger partial charge on any atom is 0.296 e. The van der Waals surface area contributed by atoms with Crippen LogP contribution in [0.4, 0.5) is 0 Å². The van der Waals surface area contributed by atoms with Crippen LogP contribution in [0, 0.1) is 6.92 Å². The molecule has 3 aromatic rings. The summed E-state index contributed by atoms with van der Waals surface area (Å²) in [5.74, 6) is 0. The van der Waals surface area contributed by atoms with Crippen molar-refractivity contribution in [3.8, 4) is 0 Å². The number of rotatable bonds is 15. The Morgan fingerprint density at radius 3 is 1.54 bits per heavy atom. The SMILES string of the molecule is BrCCCOCc1ccccc1.CCCCOCc1ccccc1.CCCCOS(=O)(=O)c1ccc(C)cc1.CCl. The summed E-state index contributed by atoms with van der Waals surface area (Å²) in [7, 11) is -3.55.